The van der Waals surface area contributed by atoms with Crippen LogP contribution >= 0.6 is 11.3 Å². The molecular formula is C22H26N2O2S2. The topological polar surface area (TPSA) is 49.4 Å². The van der Waals surface area contributed by atoms with Crippen molar-refractivity contribution >= 4 is 31.4 Å². The van der Waals surface area contributed by atoms with Crippen LogP contribution in [0, 0.1) is 0 Å². The Morgan fingerprint density at radius 1 is 0.964 bits per heavy atom. The van der Waals surface area contributed by atoms with Gasteiger partial charge in [-0.2, -0.15) is 0 Å². The van der Waals surface area contributed by atoms with Crippen molar-refractivity contribution in [3.8, 4) is 0 Å². The Kier molecular flexibility index (Phi) is 6.11. The van der Waals surface area contributed by atoms with Crippen molar-refractivity contribution in [1.82, 2.24) is 9.62 Å². The predicted molar refractivity (Wildman–Crippen MR) is 116 cm³/mol. The summed E-state index contributed by atoms with van der Waals surface area (Å²) >= 11 is 1.33. The standard InChI is InChI=1S/C22H26N2O2S2/c25-28(26,22-16-19-9-4-5-11-21(19)27-22)23-13-6-1-7-14-24-15-12-18-8-2-3-10-20(18)17-24/h2-5,8-11,16,23H,1,6-7,12-15,17H2. The van der Waals surface area contributed by atoms with Gasteiger partial charge in [0.25, 0.3) is 0 Å². The molecule has 4 nitrogen and oxygen atoms in total. The molecule has 2 heterocycles. The van der Waals surface area contributed by atoms with Crippen LogP contribution in [-0.4, -0.2) is 33.0 Å². The van der Waals surface area contributed by atoms with E-state index < -0.39 is 10.0 Å². The van der Waals surface area contributed by atoms with E-state index in [1.165, 1.54) is 22.5 Å². The van der Waals surface area contributed by atoms with Crippen molar-refractivity contribution in [3.63, 3.8) is 0 Å². The second-order valence-electron chi connectivity index (χ2n) is 7.36. The lowest BCUT2D eigenvalue weighted by molar-refractivity contribution is 0.248. The number of benzene rings is 2. The lowest BCUT2D eigenvalue weighted by atomic mass is 10.00. The fourth-order valence-corrected chi connectivity index (χ4v) is 6.27. The first kappa shape index (κ1) is 19.6. The van der Waals surface area contributed by atoms with Crippen molar-refractivity contribution in [3.05, 3.63) is 65.7 Å². The average molecular weight is 415 g/mol. The molecule has 1 aliphatic heterocycles. The van der Waals surface area contributed by atoms with Gasteiger partial charge in [0.15, 0.2) is 0 Å². The summed E-state index contributed by atoms with van der Waals surface area (Å²) in [6.07, 6.45) is 4.14. The molecule has 0 spiro atoms. The van der Waals surface area contributed by atoms with E-state index in [1.807, 2.05) is 24.3 Å². The summed E-state index contributed by atoms with van der Waals surface area (Å²) in [5, 5.41) is 0.982. The quantitative estimate of drug-likeness (QED) is 0.556. The summed E-state index contributed by atoms with van der Waals surface area (Å²) in [7, 11) is -3.41. The summed E-state index contributed by atoms with van der Waals surface area (Å²) in [6, 6.07) is 18.2. The molecule has 0 unspecified atom stereocenters. The molecule has 2 aromatic carbocycles. The molecule has 0 bridgehead atoms. The van der Waals surface area contributed by atoms with Crippen molar-refractivity contribution < 1.29 is 8.42 Å². The van der Waals surface area contributed by atoms with Crippen molar-refractivity contribution in [1.29, 1.82) is 0 Å². The maximum absolute atomic E-state index is 12.5. The van der Waals surface area contributed by atoms with Gasteiger partial charge in [-0.05, 0) is 54.5 Å². The Balaban J connectivity index is 1.19. The zero-order valence-corrected chi connectivity index (χ0v) is 17.6. The van der Waals surface area contributed by atoms with Crippen LogP contribution in [-0.2, 0) is 23.0 Å². The van der Waals surface area contributed by atoms with Crippen LogP contribution in [0.3, 0.4) is 0 Å². The van der Waals surface area contributed by atoms with Crippen molar-refractivity contribution in [2.75, 3.05) is 19.6 Å². The van der Waals surface area contributed by atoms with Gasteiger partial charge in [-0.3, -0.25) is 4.90 Å². The molecule has 28 heavy (non-hydrogen) atoms. The SMILES string of the molecule is O=S(=O)(NCCCCCN1CCc2ccccc2C1)c1cc2ccccc2s1. The number of nitrogens with zero attached hydrogens (tertiary/aromatic N) is 1. The molecule has 0 aliphatic carbocycles. The molecule has 4 rings (SSSR count). The molecule has 3 aromatic rings. The molecule has 0 radical (unpaired) electrons. The molecule has 148 valence electrons. The van der Waals surface area contributed by atoms with Crippen LogP contribution in [0.4, 0.5) is 0 Å². The highest BCUT2D eigenvalue weighted by molar-refractivity contribution is 7.91. The zero-order chi connectivity index (χ0) is 19.4. The van der Waals surface area contributed by atoms with E-state index in [0.717, 1.165) is 55.4 Å². The molecule has 1 aromatic heterocycles. The molecule has 1 N–H and O–H groups in total. The lowest BCUT2D eigenvalue weighted by Crippen LogP contribution is -2.31. The van der Waals surface area contributed by atoms with Gasteiger partial charge in [0.2, 0.25) is 10.0 Å². The van der Waals surface area contributed by atoms with Crippen LogP contribution < -0.4 is 4.72 Å². The number of sulfonamides is 1. The average Bonchev–Trinajstić information content (AvgIpc) is 3.16. The van der Waals surface area contributed by atoms with Gasteiger partial charge in [-0.25, -0.2) is 13.1 Å². The summed E-state index contributed by atoms with van der Waals surface area (Å²) in [5.41, 5.74) is 2.93. The molecule has 0 atom stereocenters. The van der Waals surface area contributed by atoms with E-state index in [4.69, 9.17) is 0 Å². The molecule has 0 amide bonds. The highest BCUT2D eigenvalue weighted by Crippen LogP contribution is 2.28. The summed E-state index contributed by atoms with van der Waals surface area (Å²) in [5.74, 6) is 0. The van der Waals surface area contributed by atoms with Crippen LogP contribution in [0.2, 0.25) is 0 Å². The summed E-state index contributed by atoms with van der Waals surface area (Å²) < 4.78 is 29.1. The molecule has 0 saturated carbocycles. The Bertz CT molecular complexity index is 1010. The Morgan fingerprint density at radius 3 is 2.61 bits per heavy atom. The number of hydrogen-bond acceptors (Lipinski definition) is 4. The van der Waals surface area contributed by atoms with Crippen molar-refractivity contribution in [2.45, 2.75) is 36.4 Å². The fourth-order valence-electron chi connectivity index (χ4n) is 3.75. The first-order chi connectivity index (χ1) is 13.6. The van der Waals surface area contributed by atoms with Gasteiger partial charge in [0, 0.05) is 24.3 Å². The van der Waals surface area contributed by atoms with E-state index >= 15 is 0 Å². The number of nitrogens with one attached hydrogen (secondary N) is 1. The van der Waals surface area contributed by atoms with Crippen molar-refractivity contribution in [2.24, 2.45) is 0 Å². The number of fused-ring (bicyclic) bond motifs is 2. The third-order valence-corrected chi connectivity index (χ3v) is 8.37. The highest BCUT2D eigenvalue weighted by atomic mass is 32.2. The number of hydrogen-bond donors (Lipinski definition) is 1. The first-order valence-electron chi connectivity index (χ1n) is 9.89. The van der Waals surface area contributed by atoms with E-state index in [0.29, 0.717) is 10.8 Å². The van der Waals surface area contributed by atoms with Crippen LogP contribution in [0.1, 0.15) is 30.4 Å². The second kappa shape index (κ2) is 8.74. The maximum Gasteiger partial charge on any atom is 0.250 e. The smallest absolute Gasteiger partial charge is 0.250 e. The summed E-state index contributed by atoms with van der Waals surface area (Å²) in [4.78, 5) is 2.50. The van der Waals surface area contributed by atoms with Gasteiger partial charge in [0.05, 0.1) is 0 Å². The number of unbranched alkanes of at least 4 members (excludes halogenated alkanes) is 2. The molecular weight excluding hydrogens is 388 g/mol. The third-order valence-electron chi connectivity index (χ3n) is 5.32. The highest BCUT2D eigenvalue weighted by Gasteiger charge is 2.17. The van der Waals surface area contributed by atoms with Crippen LogP contribution in [0.25, 0.3) is 10.1 Å². The summed E-state index contributed by atoms with van der Waals surface area (Å²) in [6.45, 7) is 3.74. The Hall–Kier alpha value is -1.73. The Morgan fingerprint density at radius 2 is 1.75 bits per heavy atom. The fraction of sp³-hybridized carbons (Fsp3) is 0.364. The van der Waals surface area contributed by atoms with E-state index in [-0.39, 0.29) is 0 Å². The number of thiophene rings is 1. The molecule has 0 fully saturated rings. The van der Waals surface area contributed by atoms with E-state index in [9.17, 15) is 8.42 Å². The first-order valence-corrected chi connectivity index (χ1v) is 12.2. The van der Waals surface area contributed by atoms with Gasteiger partial charge in [0.1, 0.15) is 4.21 Å². The van der Waals surface area contributed by atoms with Gasteiger partial charge in [-0.15, -0.1) is 11.3 Å². The minimum absolute atomic E-state index is 0.403. The van der Waals surface area contributed by atoms with Gasteiger partial charge < -0.3 is 0 Å². The molecule has 1 aliphatic rings. The molecule has 0 saturated heterocycles. The van der Waals surface area contributed by atoms with Crippen LogP contribution in [0.5, 0.6) is 0 Å². The normalized spacial score (nSPS) is 15.0. The molecule has 6 heteroatoms. The van der Waals surface area contributed by atoms with E-state index in [1.54, 1.807) is 6.07 Å². The third kappa shape index (κ3) is 4.63. The monoisotopic (exact) mass is 414 g/mol. The zero-order valence-electron chi connectivity index (χ0n) is 15.9. The van der Waals surface area contributed by atoms with Crippen LogP contribution in [0.15, 0.2) is 58.8 Å². The van der Waals surface area contributed by atoms with Gasteiger partial charge in [-0.1, -0.05) is 48.9 Å². The Labute approximate surface area is 171 Å². The predicted octanol–water partition coefficient (Wildman–Crippen LogP) is 4.41. The largest absolute Gasteiger partial charge is 0.299 e. The minimum atomic E-state index is -3.41. The maximum atomic E-state index is 12.5. The minimum Gasteiger partial charge on any atom is -0.299 e. The van der Waals surface area contributed by atoms with E-state index in [2.05, 4.69) is 33.9 Å². The number of rotatable bonds is 8. The lowest BCUT2D eigenvalue weighted by Gasteiger charge is -2.28. The second-order valence-corrected chi connectivity index (χ2v) is 10.4. The van der Waals surface area contributed by atoms with Gasteiger partial charge >= 0.3 is 0 Å².